The van der Waals surface area contributed by atoms with Crippen LogP contribution in [0.4, 0.5) is 0 Å². The molecule has 5 atom stereocenters. The molecule has 2 bridgehead atoms. The van der Waals surface area contributed by atoms with Gasteiger partial charge in [-0.25, -0.2) is 0 Å². The topological polar surface area (TPSA) is 90.4 Å². The smallest absolute Gasteiger partial charge is 0.248 e. The zero-order chi connectivity index (χ0) is 26.8. The number of carbonyl (C=O) groups excluding carboxylic acids is 3. The van der Waals surface area contributed by atoms with E-state index in [1.54, 1.807) is 17.1 Å². The molecule has 37 heavy (non-hydrogen) atoms. The number of aliphatic hydroxyl groups is 1. The van der Waals surface area contributed by atoms with Crippen molar-refractivity contribution >= 4 is 17.7 Å². The van der Waals surface area contributed by atoms with E-state index in [9.17, 15) is 19.5 Å². The number of nitrogens with zero attached hydrogens (tertiary/aromatic N) is 3. The number of hydrogen-bond donors (Lipinski definition) is 1. The van der Waals surface area contributed by atoms with Gasteiger partial charge in [-0.05, 0) is 38.5 Å². The van der Waals surface area contributed by atoms with Gasteiger partial charge < -0.3 is 24.5 Å². The van der Waals surface area contributed by atoms with E-state index in [1.807, 2.05) is 18.7 Å². The number of rotatable bonds is 12. The van der Waals surface area contributed by atoms with Crippen LogP contribution in [0.3, 0.4) is 0 Å². The average Bonchev–Trinajstić information content (AvgIpc) is 3.51. The number of hydrogen-bond acceptors (Lipinski definition) is 5. The van der Waals surface area contributed by atoms with Crippen molar-refractivity contribution in [3.63, 3.8) is 0 Å². The van der Waals surface area contributed by atoms with Gasteiger partial charge in [0.15, 0.2) is 0 Å². The van der Waals surface area contributed by atoms with Crippen molar-refractivity contribution in [2.75, 3.05) is 32.8 Å². The molecule has 0 aromatic rings. The Kier molecular flexibility index (Phi) is 8.48. The first-order chi connectivity index (χ1) is 17.9. The summed E-state index contributed by atoms with van der Waals surface area (Å²) in [4.78, 5) is 47.8. The molecule has 3 heterocycles. The monoisotopic (exact) mass is 515 g/mol. The highest BCUT2D eigenvalue weighted by atomic mass is 16.5. The lowest BCUT2D eigenvalue weighted by Crippen LogP contribution is -2.58. The van der Waals surface area contributed by atoms with E-state index in [-0.39, 0.29) is 36.9 Å². The highest BCUT2D eigenvalue weighted by Gasteiger charge is 2.79. The summed E-state index contributed by atoms with van der Waals surface area (Å²) in [6.45, 7) is 13.0. The molecule has 4 aliphatic rings. The summed E-state index contributed by atoms with van der Waals surface area (Å²) in [7, 11) is 0. The number of amides is 3. The zero-order valence-electron chi connectivity index (χ0n) is 22.7. The maximum absolute atomic E-state index is 14.4. The van der Waals surface area contributed by atoms with Gasteiger partial charge in [-0.15, -0.1) is 13.2 Å². The van der Waals surface area contributed by atoms with E-state index in [1.165, 1.54) is 11.3 Å². The van der Waals surface area contributed by atoms with Gasteiger partial charge in [0.25, 0.3) is 0 Å². The Morgan fingerprint density at radius 3 is 2.41 bits per heavy atom. The van der Waals surface area contributed by atoms with Gasteiger partial charge in [-0.1, -0.05) is 45.3 Å². The van der Waals surface area contributed by atoms with E-state index in [2.05, 4.69) is 13.2 Å². The van der Waals surface area contributed by atoms with Crippen molar-refractivity contribution in [1.82, 2.24) is 14.7 Å². The second-order valence-electron chi connectivity index (χ2n) is 11.2. The Morgan fingerprint density at radius 2 is 1.81 bits per heavy atom. The molecule has 206 valence electrons. The van der Waals surface area contributed by atoms with Crippen molar-refractivity contribution in [1.29, 1.82) is 0 Å². The minimum atomic E-state index is -1.06. The van der Waals surface area contributed by atoms with Crippen molar-refractivity contribution in [3.8, 4) is 0 Å². The maximum Gasteiger partial charge on any atom is 0.248 e. The average molecular weight is 516 g/mol. The van der Waals surface area contributed by atoms with E-state index >= 15 is 0 Å². The summed E-state index contributed by atoms with van der Waals surface area (Å²) >= 11 is 0. The molecule has 4 fully saturated rings. The quantitative estimate of drug-likeness (QED) is 0.404. The number of carbonyl (C=O) groups is 3. The van der Waals surface area contributed by atoms with Crippen molar-refractivity contribution in [3.05, 3.63) is 25.3 Å². The molecule has 2 unspecified atom stereocenters. The predicted octanol–water partition coefficient (Wildman–Crippen LogP) is 2.91. The van der Waals surface area contributed by atoms with E-state index in [0.29, 0.717) is 38.9 Å². The first-order valence-corrected chi connectivity index (χ1v) is 14.3. The summed E-state index contributed by atoms with van der Waals surface area (Å²) in [6, 6.07) is -0.742. The predicted molar refractivity (Wildman–Crippen MR) is 141 cm³/mol. The Hall–Kier alpha value is -2.19. The van der Waals surface area contributed by atoms with Crippen molar-refractivity contribution in [2.45, 2.75) is 94.9 Å². The van der Waals surface area contributed by atoms with Crippen LogP contribution in [0.15, 0.2) is 25.3 Å². The summed E-state index contributed by atoms with van der Waals surface area (Å²) in [6.07, 6.45) is 11.2. The third-order valence-electron chi connectivity index (χ3n) is 9.30. The summed E-state index contributed by atoms with van der Waals surface area (Å²) in [5, 5.41) is 9.90. The highest BCUT2D eigenvalue weighted by molar-refractivity contribution is 5.99. The molecule has 1 aliphatic carbocycles. The Morgan fingerprint density at radius 1 is 1.11 bits per heavy atom. The van der Waals surface area contributed by atoms with E-state index < -0.39 is 29.1 Å². The van der Waals surface area contributed by atoms with Gasteiger partial charge in [-0.3, -0.25) is 14.4 Å². The fourth-order valence-corrected chi connectivity index (χ4v) is 7.74. The lowest BCUT2D eigenvalue weighted by molar-refractivity contribution is -0.156. The highest BCUT2D eigenvalue weighted by Crippen LogP contribution is 2.64. The molecular weight excluding hydrogens is 470 g/mol. The van der Waals surface area contributed by atoms with Crippen molar-refractivity contribution < 1.29 is 24.2 Å². The Balaban J connectivity index is 1.76. The molecule has 1 spiro atoms. The molecule has 3 amide bonds. The van der Waals surface area contributed by atoms with Crippen LogP contribution >= 0.6 is 0 Å². The largest absolute Gasteiger partial charge is 0.395 e. The fourth-order valence-electron chi connectivity index (χ4n) is 7.74. The minimum Gasteiger partial charge on any atom is -0.395 e. The molecule has 0 aromatic heterocycles. The van der Waals surface area contributed by atoms with Gasteiger partial charge in [0.2, 0.25) is 17.7 Å². The maximum atomic E-state index is 14.4. The zero-order valence-corrected chi connectivity index (χ0v) is 22.7. The number of β-amino-alcohol motifs (C(OH)–C–C–N with tert-alkyl or cyclic N) is 1. The van der Waals surface area contributed by atoms with Crippen LogP contribution in [0, 0.1) is 11.8 Å². The summed E-state index contributed by atoms with van der Waals surface area (Å²) in [5.74, 6) is -1.83. The molecule has 0 radical (unpaired) electrons. The van der Waals surface area contributed by atoms with Crippen LogP contribution in [0.5, 0.6) is 0 Å². The number of ether oxygens (including phenoxy) is 1. The lowest BCUT2D eigenvalue weighted by Gasteiger charge is -2.40. The van der Waals surface area contributed by atoms with Crippen molar-refractivity contribution in [2.24, 2.45) is 11.8 Å². The third kappa shape index (κ3) is 4.44. The van der Waals surface area contributed by atoms with Crippen LogP contribution in [0.1, 0.15) is 71.6 Å². The molecular formula is C29H45N3O5. The normalized spacial score (nSPS) is 32.9. The summed E-state index contributed by atoms with van der Waals surface area (Å²) in [5.41, 5.74) is -1.82. The lowest BCUT2D eigenvalue weighted by atomic mass is 9.64. The van der Waals surface area contributed by atoms with Gasteiger partial charge in [-0.2, -0.15) is 0 Å². The third-order valence-corrected chi connectivity index (χ3v) is 9.30. The second-order valence-corrected chi connectivity index (χ2v) is 11.2. The van der Waals surface area contributed by atoms with Crippen LogP contribution in [0.25, 0.3) is 0 Å². The fraction of sp³-hybridized carbons (Fsp3) is 0.759. The minimum absolute atomic E-state index is 0.0504. The van der Waals surface area contributed by atoms with Gasteiger partial charge in [0.1, 0.15) is 11.6 Å². The van der Waals surface area contributed by atoms with E-state index in [0.717, 1.165) is 32.1 Å². The first kappa shape index (κ1) is 27.8. The first-order valence-electron chi connectivity index (χ1n) is 14.3. The van der Waals surface area contributed by atoms with Gasteiger partial charge in [0, 0.05) is 32.2 Å². The molecule has 4 rings (SSSR count). The van der Waals surface area contributed by atoms with Crippen LogP contribution < -0.4 is 0 Å². The summed E-state index contributed by atoms with van der Waals surface area (Å²) < 4.78 is 6.87. The molecule has 0 aromatic carbocycles. The Bertz CT molecular complexity index is 902. The molecule has 8 heteroatoms. The molecule has 3 saturated heterocycles. The standard InChI is InChI=1S/C29H45N3O5/c1-5-16-30(17-6-2)25(34)22-23-26(35)32(19-20-33)24(29(23)15-14-28(22,8-4)37-29)27(36)31(18-7-3)21-12-10-9-11-13-21/h5,7,21-24,33H,1,3,6,8-20H2,2,4H3/t22-,23-,24?,28+,29?/m0/s1. The van der Waals surface area contributed by atoms with Crippen LogP contribution in [-0.4, -0.2) is 93.6 Å². The second kappa shape index (κ2) is 11.3. The van der Waals surface area contributed by atoms with Gasteiger partial charge >= 0.3 is 0 Å². The van der Waals surface area contributed by atoms with E-state index in [4.69, 9.17) is 4.74 Å². The molecule has 3 aliphatic heterocycles. The molecule has 8 nitrogen and oxygen atoms in total. The van der Waals surface area contributed by atoms with Gasteiger partial charge in [0.05, 0.1) is 24.0 Å². The van der Waals surface area contributed by atoms with Crippen LogP contribution in [-0.2, 0) is 19.1 Å². The Labute approximate surface area is 221 Å². The molecule has 1 saturated carbocycles. The number of fused-ring (bicyclic) bond motifs is 1. The SMILES string of the molecule is C=CCN(CCC)C(=O)[C@@H]1[C@H]2C(=O)N(CCO)C(C(=O)N(CC=C)C3CCCCC3)C23CC[C@@]1(CC)O3. The number of aliphatic hydroxyl groups excluding tert-OH is 1. The van der Waals surface area contributed by atoms with Crippen LogP contribution in [0.2, 0.25) is 0 Å². The molecule has 1 N–H and O–H groups in total. The number of likely N-dealkylation sites (tertiary alicyclic amines) is 1.